The minimum Gasteiger partial charge on any atom is -0.385 e. The SMILES string of the molecule is C#CCCC(=O)C(O)CCC. The molecule has 0 amide bonds. The highest BCUT2D eigenvalue weighted by atomic mass is 16.3. The first kappa shape index (κ1) is 10.2. The number of ketones is 1. The summed E-state index contributed by atoms with van der Waals surface area (Å²) in [5.74, 6) is 2.23. The number of aliphatic hydroxyl groups excluding tert-OH is 1. The maximum Gasteiger partial charge on any atom is 0.162 e. The number of terminal acetylenes is 1. The number of aliphatic hydroxyl groups is 1. The molecule has 1 N–H and O–H groups in total. The van der Waals surface area contributed by atoms with Gasteiger partial charge in [-0.2, -0.15) is 0 Å². The Balaban J connectivity index is 3.57. The summed E-state index contributed by atoms with van der Waals surface area (Å²) in [7, 11) is 0. The summed E-state index contributed by atoms with van der Waals surface area (Å²) in [5, 5.41) is 9.13. The predicted molar refractivity (Wildman–Crippen MR) is 44.0 cm³/mol. The Morgan fingerprint density at radius 2 is 2.36 bits per heavy atom. The lowest BCUT2D eigenvalue weighted by atomic mass is 10.1. The van der Waals surface area contributed by atoms with Gasteiger partial charge in [0.15, 0.2) is 5.78 Å². The minimum absolute atomic E-state index is 0.134. The highest BCUT2D eigenvalue weighted by Gasteiger charge is 2.11. The van der Waals surface area contributed by atoms with Gasteiger partial charge >= 0.3 is 0 Å². The molecule has 0 radical (unpaired) electrons. The van der Waals surface area contributed by atoms with Gasteiger partial charge in [0.2, 0.25) is 0 Å². The Kier molecular flexibility index (Phi) is 5.50. The summed E-state index contributed by atoms with van der Waals surface area (Å²) in [4.78, 5) is 10.9. The van der Waals surface area contributed by atoms with Gasteiger partial charge in [-0.05, 0) is 6.42 Å². The Morgan fingerprint density at radius 3 is 2.82 bits per heavy atom. The zero-order valence-corrected chi connectivity index (χ0v) is 6.84. The molecule has 0 aliphatic carbocycles. The van der Waals surface area contributed by atoms with Crippen LogP contribution in [0.3, 0.4) is 0 Å². The van der Waals surface area contributed by atoms with Crippen LogP contribution in [0.25, 0.3) is 0 Å². The fourth-order valence-electron chi connectivity index (χ4n) is 0.796. The normalized spacial score (nSPS) is 12.1. The summed E-state index contributed by atoms with van der Waals surface area (Å²) in [6.07, 6.45) is 6.27. The second-order valence-corrected chi connectivity index (χ2v) is 2.47. The molecule has 0 aromatic rings. The first-order valence-corrected chi connectivity index (χ1v) is 3.86. The van der Waals surface area contributed by atoms with Crippen molar-refractivity contribution in [1.82, 2.24) is 0 Å². The monoisotopic (exact) mass is 154 g/mol. The van der Waals surface area contributed by atoms with Gasteiger partial charge in [0, 0.05) is 12.8 Å². The van der Waals surface area contributed by atoms with Crippen molar-refractivity contribution in [3.05, 3.63) is 0 Å². The summed E-state index contributed by atoms with van der Waals surface area (Å²) in [6.45, 7) is 1.93. The zero-order valence-electron chi connectivity index (χ0n) is 6.84. The lowest BCUT2D eigenvalue weighted by Crippen LogP contribution is -2.19. The molecule has 0 heterocycles. The second kappa shape index (κ2) is 5.94. The topological polar surface area (TPSA) is 37.3 Å². The third-order valence-corrected chi connectivity index (χ3v) is 1.45. The van der Waals surface area contributed by atoms with Crippen molar-refractivity contribution < 1.29 is 9.90 Å². The number of Topliss-reactive ketones (excluding diaryl/α,β-unsaturated/α-hetero) is 1. The van der Waals surface area contributed by atoms with Gasteiger partial charge in [0.05, 0.1) is 0 Å². The summed E-state index contributed by atoms with van der Waals surface area (Å²) in [6, 6.07) is 0. The molecule has 0 aromatic heterocycles. The summed E-state index contributed by atoms with van der Waals surface area (Å²) in [5.41, 5.74) is 0. The standard InChI is InChI=1S/C9H14O2/c1-3-5-7-9(11)8(10)6-4-2/h1,8,10H,4-7H2,2H3. The minimum atomic E-state index is -0.798. The van der Waals surface area contributed by atoms with Crippen molar-refractivity contribution in [2.75, 3.05) is 0 Å². The van der Waals surface area contributed by atoms with E-state index in [9.17, 15) is 4.79 Å². The van der Waals surface area contributed by atoms with E-state index in [2.05, 4.69) is 5.92 Å². The fourth-order valence-corrected chi connectivity index (χ4v) is 0.796. The molecule has 11 heavy (non-hydrogen) atoms. The van der Waals surface area contributed by atoms with Crippen molar-refractivity contribution in [2.24, 2.45) is 0 Å². The van der Waals surface area contributed by atoms with E-state index in [0.717, 1.165) is 6.42 Å². The van der Waals surface area contributed by atoms with E-state index in [0.29, 0.717) is 19.3 Å². The third kappa shape index (κ3) is 4.58. The molecule has 0 aromatic carbocycles. The van der Waals surface area contributed by atoms with Crippen LogP contribution in [0.4, 0.5) is 0 Å². The Labute approximate surface area is 67.6 Å². The first-order chi connectivity index (χ1) is 5.22. The van der Waals surface area contributed by atoms with Crippen LogP contribution in [-0.4, -0.2) is 17.0 Å². The number of carbonyl (C=O) groups is 1. The maximum absolute atomic E-state index is 10.9. The molecular formula is C9H14O2. The van der Waals surface area contributed by atoms with Crippen LogP contribution in [0.2, 0.25) is 0 Å². The molecular weight excluding hydrogens is 140 g/mol. The second-order valence-electron chi connectivity index (χ2n) is 2.47. The lowest BCUT2D eigenvalue weighted by molar-refractivity contribution is -0.127. The van der Waals surface area contributed by atoms with Crippen LogP contribution >= 0.6 is 0 Å². The van der Waals surface area contributed by atoms with Gasteiger partial charge in [-0.1, -0.05) is 13.3 Å². The molecule has 0 saturated carbocycles. The maximum atomic E-state index is 10.9. The first-order valence-electron chi connectivity index (χ1n) is 3.86. The van der Waals surface area contributed by atoms with Crippen molar-refractivity contribution in [3.8, 4) is 12.3 Å². The van der Waals surface area contributed by atoms with Crippen molar-refractivity contribution >= 4 is 5.78 Å². The van der Waals surface area contributed by atoms with Crippen LogP contribution in [0, 0.1) is 12.3 Å². The molecule has 1 atom stereocenters. The molecule has 0 fully saturated rings. The van der Waals surface area contributed by atoms with E-state index >= 15 is 0 Å². The fraction of sp³-hybridized carbons (Fsp3) is 0.667. The van der Waals surface area contributed by atoms with Crippen molar-refractivity contribution in [2.45, 2.75) is 38.7 Å². The highest BCUT2D eigenvalue weighted by molar-refractivity contribution is 5.82. The van der Waals surface area contributed by atoms with Crippen LogP contribution in [-0.2, 0) is 4.79 Å². The summed E-state index contributed by atoms with van der Waals surface area (Å²) < 4.78 is 0. The number of rotatable bonds is 5. The molecule has 0 rings (SSSR count). The van der Waals surface area contributed by atoms with E-state index in [1.807, 2.05) is 6.92 Å². The molecule has 2 nitrogen and oxygen atoms in total. The van der Waals surface area contributed by atoms with Gasteiger partial charge < -0.3 is 5.11 Å². The van der Waals surface area contributed by atoms with Crippen LogP contribution in [0.1, 0.15) is 32.6 Å². The molecule has 0 spiro atoms. The molecule has 0 saturated heterocycles. The predicted octanol–water partition coefficient (Wildman–Crippen LogP) is 1.13. The van der Waals surface area contributed by atoms with E-state index in [1.165, 1.54) is 0 Å². The van der Waals surface area contributed by atoms with Crippen LogP contribution < -0.4 is 0 Å². The van der Waals surface area contributed by atoms with Crippen LogP contribution in [0.15, 0.2) is 0 Å². The number of hydrogen-bond donors (Lipinski definition) is 1. The van der Waals surface area contributed by atoms with Gasteiger partial charge in [-0.15, -0.1) is 12.3 Å². The van der Waals surface area contributed by atoms with Gasteiger partial charge in [0.1, 0.15) is 6.10 Å². The van der Waals surface area contributed by atoms with Gasteiger partial charge in [-0.25, -0.2) is 0 Å². The average molecular weight is 154 g/mol. The van der Waals surface area contributed by atoms with E-state index in [4.69, 9.17) is 11.5 Å². The third-order valence-electron chi connectivity index (χ3n) is 1.45. The largest absolute Gasteiger partial charge is 0.385 e. The Morgan fingerprint density at radius 1 is 1.73 bits per heavy atom. The zero-order chi connectivity index (χ0) is 8.69. The van der Waals surface area contributed by atoms with Gasteiger partial charge in [0.25, 0.3) is 0 Å². The van der Waals surface area contributed by atoms with E-state index < -0.39 is 6.10 Å². The summed E-state index contributed by atoms with van der Waals surface area (Å²) >= 11 is 0. The molecule has 1 unspecified atom stereocenters. The highest BCUT2D eigenvalue weighted by Crippen LogP contribution is 2.01. The number of carbonyl (C=O) groups excluding carboxylic acids is 1. The van der Waals surface area contributed by atoms with Gasteiger partial charge in [-0.3, -0.25) is 4.79 Å². The lowest BCUT2D eigenvalue weighted by Gasteiger charge is -2.05. The molecule has 0 bridgehead atoms. The van der Waals surface area contributed by atoms with Crippen LogP contribution in [0.5, 0.6) is 0 Å². The van der Waals surface area contributed by atoms with E-state index in [-0.39, 0.29) is 5.78 Å². The Bertz CT molecular complexity index is 155. The molecule has 62 valence electrons. The number of hydrogen-bond acceptors (Lipinski definition) is 2. The molecule has 0 aliphatic heterocycles. The molecule has 0 aliphatic rings. The quantitative estimate of drug-likeness (QED) is 0.603. The smallest absolute Gasteiger partial charge is 0.162 e. The van der Waals surface area contributed by atoms with E-state index in [1.54, 1.807) is 0 Å². The molecule has 2 heteroatoms. The average Bonchev–Trinajstić information content (AvgIpc) is 2.00. The Hall–Kier alpha value is -0.810. The van der Waals surface area contributed by atoms with Crippen molar-refractivity contribution in [1.29, 1.82) is 0 Å². The van der Waals surface area contributed by atoms with Crippen molar-refractivity contribution in [3.63, 3.8) is 0 Å².